The molecule has 0 aliphatic carbocycles. The lowest BCUT2D eigenvalue weighted by molar-refractivity contribution is 0.102. The lowest BCUT2D eigenvalue weighted by Crippen LogP contribution is -2.37. The summed E-state index contributed by atoms with van der Waals surface area (Å²) < 4.78 is 13.6. The zero-order chi connectivity index (χ0) is 16.2. The fraction of sp³-hybridized carbons (Fsp3) is 0.316. The van der Waals surface area contributed by atoms with E-state index in [1.165, 1.54) is 37.1 Å². The van der Waals surface area contributed by atoms with Crippen LogP contribution in [0.1, 0.15) is 36.5 Å². The van der Waals surface area contributed by atoms with E-state index in [1.807, 2.05) is 24.3 Å². The first kappa shape index (κ1) is 15.5. The normalized spacial score (nSPS) is 17.8. The van der Waals surface area contributed by atoms with Crippen LogP contribution in [0.3, 0.4) is 0 Å². The molecule has 1 fully saturated rings. The zero-order valence-electron chi connectivity index (χ0n) is 13.3. The molecule has 2 aromatic carbocycles. The second-order valence-electron chi connectivity index (χ2n) is 6.02. The van der Waals surface area contributed by atoms with Crippen molar-refractivity contribution in [3.63, 3.8) is 0 Å². The summed E-state index contributed by atoms with van der Waals surface area (Å²) in [6.45, 7) is 3.31. The topological polar surface area (TPSA) is 32.3 Å². The molecule has 0 spiro atoms. The van der Waals surface area contributed by atoms with Crippen molar-refractivity contribution < 1.29 is 9.18 Å². The SMILES string of the molecule is CC1CCCCN1c1ccc(NC(=O)c2ccccc2F)cc1. The van der Waals surface area contributed by atoms with Crippen molar-refractivity contribution in [3.8, 4) is 0 Å². The van der Waals surface area contributed by atoms with Crippen LogP contribution in [-0.4, -0.2) is 18.5 Å². The van der Waals surface area contributed by atoms with Crippen LogP contribution in [0.25, 0.3) is 0 Å². The number of carbonyl (C=O) groups excluding carboxylic acids is 1. The summed E-state index contributed by atoms with van der Waals surface area (Å²) in [5.74, 6) is -0.939. The minimum atomic E-state index is -0.510. The van der Waals surface area contributed by atoms with E-state index < -0.39 is 11.7 Å². The highest BCUT2D eigenvalue weighted by Crippen LogP contribution is 2.26. The van der Waals surface area contributed by atoms with Gasteiger partial charge in [0.15, 0.2) is 0 Å². The van der Waals surface area contributed by atoms with Crippen LogP contribution in [0.4, 0.5) is 15.8 Å². The molecular formula is C19H21FN2O. The molecule has 4 heteroatoms. The summed E-state index contributed by atoms with van der Waals surface area (Å²) in [5.41, 5.74) is 1.90. The van der Waals surface area contributed by atoms with Crippen molar-refractivity contribution in [1.29, 1.82) is 0 Å². The Kier molecular flexibility index (Phi) is 4.60. The van der Waals surface area contributed by atoms with Gasteiger partial charge in [-0.05, 0) is 62.6 Å². The molecule has 1 atom stereocenters. The highest BCUT2D eigenvalue weighted by molar-refractivity contribution is 6.04. The van der Waals surface area contributed by atoms with E-state index in [2.05, 4.69) is 17.1 Å². The van der Waals surface area contributed by atoms with E-state index >= 15 is 0 Å². The highest BCUT2D eigenvalue weighted by atomic mass is 19.1. The Hall–Kier alpha value is -2.36. The van der Waals surface area contributed by atoms with Gasteiger partial charge in [0.2, 0.25) is 0 Å². The number of hydrogen-bond donors (Lipinski definition) is 1. The lowest BCUT2D eigenvalue weighted by Gasteiger charge is -2.35. The maximum Gasteiger partial charge on any atom is 0.258 e. The maximum absolute atomic E-state index is 13.6. The largest absolute Gasteiger partial charge is 0.369 e. The molecule has 0 saturated carbocycles. The molecule has 120 valence electrons. The molecule has 0 aromatic heterocycles. The second-order valence-corrected chi connectivity index (χ2v) is 6.02. The summed E-state index contributed by atoms with van der Waals surface area (Å²) >= 11 is 0. The van der Waals surface area contributed by atoms with E-state index in [4.69, 9.17) is 0 Å². The standard InChI is InChI=1S/C19H21FN2O/c1-14-6-4-5-13-22(14)16-11-9-15(10-12-16)21-19(23)17-7-2-3-8-18(17)20/h2-3,7-12,14H,4-6,13H2,1H3,(H,21,23). The summed E-state index contributed by atoms with van der Waals surface area (Å²) in [6.07, 6.45) is 3.72. The summed E-state index contributed by atoms with van der Waals surface area (Å²) in [7, 11) is 0. The molecule has 1 aliphatic heterocycles. The fourth-order valence-corrected chi connectivity index (χ4v) is 3.06. The average Bonchev–Trinajstić information content (AvgIpc) is 2.56. The lowest BCUT2D eigenvalue weighted by atomic mass is 10.0. The predicted molar refractivity (Wildman–Crippen MR) is 91.5 cm³/mol. The van der Waals surface area contributed by atoms with Crippen molar-refractivity contribution in [3.05, 3.63) is 59.9 Å². The molecule has 3 rings (SSSR count). The first-order chi connectivity index (χ1) is 11.1. The number of benzene rings is 2. The van der Waals surface area contributed by atoms with Gasteiger partial charge in [-0.1, -0.05) is 12.1 Å². The van der Waals surface area contributed by atoms with Crippen molar-refractivity contribution in [2.45, 2.75) is 32.2 Å². The predicted octanol–water partition coefficient (Wildman–Crippen LogP) is 4.46. The van der Waals surface area contributed by atoms with Crippen LogP contribution in [0, 0.1) is 5.82 Å². The third kappa shape index (κ3) is 3.52. The number of piperidine rings is 1. The summed E-state index contributed by atoms with van der Waals surface area (Å²) in [4.78, 5) is 14.5. The van der Waals surface area contributed by atoms with Gasteiger partial charge >= 0.3 is 0 Å². The van der Waals surface area contributed by atoms with Crippen molar-refractivity contribution >= 4 is 17.3 Å². The van der Waals surface area contributed by atoms with Crippen LogP contribution in [0.15, 0.2) is 48.5 Å². The smallest absolute Gasteiger partial charge is 0.258 e. The number of rotatable bonds is 3. The molecule has 2 aromatic rings. The molecule has 1 heterocycles. The van der Waals surface area contributed by atoms with Crippen LogP contribution < -0.4 is 10.2 Å². The van der Waals surface area contributed by atoms with Crippen molar-refractivity contribution in [2.75, 3.05) is 16.8 Å². The van der Waals surface area contributed by atoms with E-state index in [-0.39, 0.29) is 5.56 Å². The monoisotopic (exact) mass is 312 g/mol. The van der Waals surface area contributed by atoms with Crippen LogP contribution in [-0.2, 0) is 0 Å². The van der Waals surface area contributed by atoms with Gasteiger partial charge in [0.1, 0.15) is 5.82 Å². The Labute approximate surface area is 136 Å². The summed E-state index contributed by atoms with van der Waals surface area (Å²) in [6, 6.07) is 14.3. The Morgan fingerprint density at radius 1 is 1.13 bits per heavy atom. The number of halogens is 1. The maximum atomic E-state index is 13.6. The highest BCUT2D eigenvalue weighted by Gasteiger charge is 2.18. The first-order valence-electron chi connectivity index (χ1n) is 8.08. The Bertz CT molecular complexity index is 684. The van der Waals surface area contributed by atoms with Crippen LogP contribution in [0.5, 0.6) is 0 Å². The molecule has 0 bridgehead atoms. The van der Waals surface area contributed by atoms with Crippen molar-refractivity contribution in [1.82, 2.24) is 0 Å². The first-order valence-corrected chi connectivity index (χ1v) is 8.08. The molecule has 1 N–H and O–H groups in total. The number of carbonyl (C=O) groups is 1. The third-order valence-corrected chi connectivity index (χ3v) is 4.38. The number of hydrogen-bond acceptors (Lipinski definition) is 2. The van der Waals surface area contributed by atoms with Gasteiger partial charge in [-0.15, -0.1) is 0 Å². The number of amides is 1. The fourth-order valence-electron chi connectivity index (χ4n) is 3.06. The Morgan fingerprint density at radius 3 is 2.57 bits per heavy atom. The van der Waals surface area contributed by atoms with E-state index in [0.29, 0.717) is 11.7 Å². The van der Waals surface area contributed by atoms with Gasteiger partial charge in [-0.2, -0.15) is 0 Å². The molecule has 0 radical (unpaired) electrons. The van der Waals surface area contributed by atoms with E-state index in [0.717, 1.165) is 6.54 Å². The minimum absolute atomic E-state index is 0.0567. The number of nitrogens with one attached hydrogen (secondary N) is 1. The Morgan fingerprint density at radius 2 is 1.87 bits per heavy atom. The molecule has 1 amide bonds. The second kappa shape index (κ2) is 6.82. The average molecular weight is 312 g/mol. The number of nitrogens with zero attached hydrogens (tertiary/aromatic N) is 1. The zero-order valence-corrected chi connectivity index (χ0v) is 13.3. The van der Waals surface area contributed by atoms with Gasteiger partial charge in [0.25, 0.3) is 5.91 Å². The quantitative estimate of drug-likeness (QED) is 0.907. The molecule has 23 heavy (non-hydrogen) atoms. The van der Waals surface area contributed by atoms with E-state index in [1.54, 1.807) is 12.1 Å². The third-order valence-electron chi connectivity index (χ3n) is 4.38. The van der Waals surface area contributed by atoms with Crippen LogP contribution >= 0.6 is 0 Å². The summed E-state index contributed by atoms with van der Waals surface area (Å²) in [5, 5.41) is 2.74. The molecule has 1 saturated heterocycles. The van der Waals surface area contributed by atoms with Gasteiger partial charge in [-0.3, -0.25) is 4.79 Å². The van der Waals surface area contributed by atoms with Gasteiger partial charge in [-0.25, -0.2) is 4.39 Å². The number of anilines is 2. The van der Waals surface area contributed by atoms with Gasteiger partial charge in [0.05, 0.1) is 5.56 Å². The van der Waals surface area contributed by atoms with E-state index in [9.17, 15) is 9.18 Å². The molecular weight excluding hydrogens is 291 g/mol. The molecule has 1 unspecified atom stereocenters. The van der Waals surface area contributed by atoms with Crippen LogP contribution in [0.2, 0.25) is 0 Å². The Balaban J connectivity index is 1.70. The minimum Gasteiger partial charge on any atom is -0.369 e. The van der Waals surface area contributed by atoms with Crippen molar-refractivity contribution in [2.24, 2.45) is 0 Å². The van der Waals surface area contributed by atoms with Gasteiger partial charge < -0.3 is 10.2 Å². The molecule has 3 nitrogen and oxygen atoms in total. The molecule has 1 aliphatic rings. The van der Waals surface area contributed by atoms with Gasteiger partial charge in [0, 0.05) is 24.0 Å².